The van der Waals surface area contributed by atoms with Crippen molar-refractivity contribution in [2.45, 2.75) is 20.8 Å². The molecule has 1 N–H and O–H groups in total. The van der Waals surface area contributed by atoms with E-state index >= 15 is 0 Å². The highest BCUT2D eigenvalue weighted by atomic mass is 79.9. The summed E-state index contributed by atoms with van der Waals surface area (Å²) in [4.78, 5) is 11.4. The van der Waals surface area contributed by atoms with Crippen molar-refractivity contribution in [3.05, 3.63) is 14.5 Å². The lowest BCUT2D eigenvalue weighted by molar-refractivity contribution is 0.0693. The van der Waals surface area contributed by atoms with Crippen molar-refractivity contribution in [3.8, 4) is 17.2 Å². The summed E-state index contributed by atoms with van der Waals surface area (Å²) in [6.07, 6.45) is 0. The van der Waals surface area contributed by atoms with Gasteiger partial charge in [0, 0.05) is 0 Å². The van der Waals surface area contributed by atoms with Gasteiger partial charge in [0.1, 0.15) is 0 Å². The SMILES string of the molecule is CCOc1c(Br)c(C(=O)O)c(Br)c(OCC)c1OCC. The molecule has 0 unspecified atom stereocenters. The molecule has 0 radical (unpaired) electrons. The fraction of sp³-hybridized carbons (Fsp3) is 0.462. The summed E-state index contributed by atoms with van der Waals surface area (Å²) in [7, 11) is 0. The first-order valence-corrected chi connectivity index (χ1v) is 7.74. The average Bonchev–Trinajstić information content (AvgIpc) is 2.38. The van der Waals surface area contributed by atoms with Crippen molar-refractivity contribution in [1.29, 1.82) is 0 Å². The number of carboxylic acids is 1. The molecule has 0 aliphatic rings. The van der Waals surface area contributed by atoms with Crippen molar-refractivity contribution in [3.63, 3.8) is 0 Å². The highest BCUT2D eigenvalue weighted by Crippen LogP contribution is 2.50. The summed E-state index contributed by atoms with van der Waals surface area (Å²) >= 11 is 6.54. The molecule has 1 aromatic rings. The van der Waals surface area contributed by atoms with Gasteiger partial charge in [0.2, 0.25) is 5.75 Å². The lowest BCUT2D eigenvalue weighted by Gasteiger charge is -2.20. The van der Waals surface area contributed by atoms with E-state index in [1.807, 2.05) is 20.8 Å². The number of carbonyl (C=O) groups is 1. The van der Waals surface area contributed by atoms with Gasteiger partial charge in [0.25, 0.3) is 0 Å². The maximum atomic E-state index is 11.4. The van der Waals surface area contributed by atoms with Crippen molar-refractivity contribution in [1.82, 2.24) is 0 Å². The van der Waals surface area contributed by atoms with Gasteiger partial charge in [-0.05, 0) is 52.6 Å². The molecular weight excluding hydrogens is 396 g/mol. The van der Waals surface area contributed by atoms with Gasteiger partial charge in [-0.15, -0.1) is 0 Å². The van der Waals surface area contributed by atoms with Crippen LogP contribution in [0.25, 0.3) is 0 Å². The van der Waals surface area contributed by atoms with Gasteiger partial charge >= 0.3 is 5.97 Å². The van der Waals surface area contributed by atoms with Gasteiger partial charge in [-0.1, -0.05) is 0 Å². The van der Waals surface area contributed by atoms with Crippen molar-refractivity contribution in [2.75, 3.05) is 19.8 Å². The smallest absolute Gasteiger partial charge is 0.338 e. The van der Waals surface area contributed by atoms with Crippen LogP contribution in [0.5, 0.6) is 17.2 Å². The molecule has 0 fully saturated rings. The number of halogens is 2. The van der Waals surface area contributed by atoms with Gasteiger partial charge in [-0.3, -0.25) is 0 Å². The van der Waals surface area contributed by atoms with E-state index in [2.05, 4.69) is 31.9 Å². The van der Waals surface area contributed by atoms with Crippen LogP contribution < -0.4 is 14.2 Å². The minimum absolute atomic E-state index is 0.0420. The zero-order valence-corrected chi connectivity index (χ0v) is 14.6. The summed E-state index contributed by atoms with van der Waals surface area (Å²) in [5.41, 5.74) is 0.0420. The zero-order chi connectivity index (χ0) is 15.3. The largest absolute Gasteiger partial charge is 0.489 e. The summed E-state index contributed by atoms with van der Waals surface area (Å²) in [6.45, 7) is 6.62. The molecule has 5 nitrogen and oxygen atoms in total. The Hall–Kier alpha value is -0.950. The number of rotatable bonds is 7. The molecule has 0 amide bonds. The number of benzene rings is 1. The first kappa shape index (κ1) is 17.1. The summed E-state index contributed by atoms with van der Waals surface area (Å²) in [5, 5.41) is 9.34. The highest BCUT2D eigenvalue weighted by Gasteiger charge is 2.28. The second-order valence-corrected chi connectivity index (χ2v) is 5.18. The molecule has 0 bridgehead atoms. The van der Waals surface area contributed by atoms with Crippen LogP contribution in [0.15, 0.2) is 8.95 Å². The lowest BCUT2D eigenvalue weighted by atomic mass is 10.2. The van der Waals surface area contributed by atoms with Gasteiger partial charge in [-0.2, -0.15) is 0 Å². The Kier molecular flexibility index (Phi) is 6.61. The van der Waals surface area contributed by atoms with Crippen LogP contribution in [0.4, 0.5) is 0 Å². The summed E-state index contributed by atoms with van der Waals surface area (Å²) in [6, 6.07) is 0. The van der Waals surface area contributed by atoms with Crippen LogP contribution >= 0.6 is 31.9 Å². The monoisotopic (exact) mass is 410 g/mol. The molecular formula is C13H16Br2O5. The molecule has 1 rings (SSSR count). The van der Waals surface area contributed by atoms with E-state index in [1.165, 1.54) is 0 Å². The van der Waals surface area contributed by atoms with E-state index in [0.29, 0.717) is 46.0 Å². The molecule has 20 heavy (non-hydrogen) atoms. The predicted molar refractivity (Wildman–Crippen MR) is 82.3 cm³/mol. The van der Waals surface area contributed by atoms with E-state index in [4.69, 9.17) is 14.2 Å². The third kappa shape index (κ3) is 3.38. The third-order valence-electron chi connectivity index (χ3n) is 2.33. The molecule has 0 aromatic heterocycles. The Bertz CT molecular complexity index is 469. The molecule has 0 aliphatic heterocycles. The Morgan fingerprint density at radius 1 is 0.900 bits per heavy atom. The Balaban J connectivity index is 3.65. The summed E-state index contributed by atoms with van der Waals surface area (Å²) in [5.74, 6) is -0.0366. The van der Waals surface area contributed by atoms with Crippen LogP contribution in [-0.2, 0) is 0 Å². The van der Waals surface area contributed by atoms with Gasteiger partial charge in [-0.25, -0.2) is 4.79 Å². The molecule has 7 heteroatoms. The van der Waals surface area contributed by atoms with E-state index in [1.54, 1.807) is 0 Å². The molecule has 112 valence electrons. The number of ether oxygens (including phenoxy) is 3. The lowest BCUT2D eigenvalue weighted by Crippen LogP contribution is -2.08. The molecule has 0 atom stereocenters. The zero-order valence-electron chi connectivity index (χ0n) is 11.5. The average molecular weight is 412 g/mol. The Morgan fingerprint density at radius 2 is 1.25 bits per heavy atom. The first-order chi connectivity index (χ1) is 9.49. The molecule has 0 heterocycles. The number of hydrogen-bond donors (Lipinski definition) is 1. The Labute approximate surface area is 134 Å². The fourth-order valence-corrected chi connectivity index (χ4v) is 3.23. The third-order valence-corrected chi connectivity index (χ3v) is 3.84. The van der Waals surface area contributed by atoms with Gasteiger partial charge < -0.3 is 19.3 Å². The Morgan fingerprint density at radius 3 is 1.55 bits per heavy atom. The van der Waals surface area contributed by atoms with Crippen LogP contribution in [0, 0.1) is 0 Å². The van der Waals surface area contributed by atoms with Crippen LogP contribution in [-0.4, -0.2) is 30.9 Å². The highest BCUT2D eigenvalue weighted by molar-refractivity contribution is 9.11. The van der Waals surface area contributed by atoms with E-state index in [-0.39, 0.29) is 5.56 Å². The first-order valence-electron chi connectivity index (χ1n) is 6.16. The number of aromatic carboxylic acids is 1. The molecule has 1 aromatic carbocycles. The number of carboxylic acid groups (broad SMARTS) is 1. The molecule has 0 saturated heterocycles. The maximum Gasteiger partial charge on any atom is 0.338 e. The van der Waals surface area contributed by atoms with Crippen molar-refractivity contribution >= 4 is 37.8 Å². The van der Waals surface area contributed by atoms with Crippen molar-refractivity contribution in [2.24, 2.45) is 0 Å². The second kappa shape index (κ2) is 7.73. The quantitative estimate of drug-likeness (QED) is 0.731. The van der Waals surface area contributed by atoms with E-state index < -0.39 is 5.97 Å². The number of hydrogen-bond acceptors (Lipinski definition) is 4. The van der Waals surface area contributed by atoms with Crippen LogP contribution in [0.2, 0.25) is 0 Å². The topological polar surface area (TPSA) is 65.0 Å². The maximum absolute atomic E-state index is 11.4. The second-order valence-electron chi connectivity index (χ2n) is 3.59. The van der Waals surface area contributed by atoms with Gasteiger partial charge in [0.15, 0.2) is 11.5 Å². The summed E-state index contributed by atoms with van der Waals surface area (Å²) < 4.78 is 17.3. The molecule has 0 spiro atoms. The van der Waals surface area contributed by atoms with Crippen molar-refractivity contribution < 1.29 is 24.1 Å². The standard InChI is InChI=1S/C13H16Br2O5/c1-4-18-10-8(14)7(13(16)17)9(15)11(19-5-2)12(10)20-6-3/h4-6H2,1-3H3,(H,16,17). The van der Waals surface area contributed by atoms with Gasteiger partial charge in [0.05, 0.1) is 34.3 Å². The predicted octanol–water partition coefficient (Wildman–Crippen LogP) is 4.11. The van der Waals surface area contributed by atoms with Crippen LogP contribution in [0.1, 0.15) is 31.1 Å². The fourth-order valence-electron chi connectivity index (χ4n) is 1.64. The minimum atomic E-state index is -1.09. The van der Waals surface area contributed by atoms with E-state index in [9.17, 15) is 9.90 Å². The van der Waals surface area contributed by atoms with Crippen LogP contribution in [0.3, 0.4) is 0 Å². The minimum Gasteiger partial charge on any atom is -0.489 e. The normalized spacial score (nSPS) is 10.2. The molecule has 0 saturated carbocycles. The van der Waals surface area contributed by atoms with E-state index in [0.717, 1.165) is 0 Å². The molecule has 0 aliphatic carbocycles.